The largest absolute Gasteiger partial charge is 0.353 e. The maximum atomic E-state index is 6.27. The maximum Gasteiger partial charge on any atom is 0.170 e. The van der Waals surface area contributed by atoms with Crippen molar-refractivity contribution in [3.63, 3.8) is 0 Å². The van der Waals surface area contributed by atoms with E-state index in [-0.39, 0.29) is 5.41 Å². The normalized spacial score (nSPS) is 51.9. The van der Waals surface area contributed by atoms with E-state index < -0.39 is 11.4 Å². The lowest BCUT2D eigenvalue weighted by Crippen LogP contribution is -2.68. The highest BCUT2D eigenvalue weighted by Gasteiger charge is 2.68. The summed E-state index contributed by atoms with van der Waals surface area (Å²) in [6, 6.07) is 0. The highest BCUT2D eigenvalue weighted by atomic mass is 79.9. The summed E-state index contributed by atoms with van der Waals surface area (Å²) in [5.74, 6) is 3.00. The van der Waals surface area contributed by atoms with Crippen LogP contribution in [0.4, 0.5) is 0 Å². The quantitative estimate of drug-likeness (QED) is 0.692. The molecule has 2 heterocycles. The zero-order valence-corrected chi connectivity index (χ0v) is 11.8. The molecule has 0 aromatic carbocycles. The van der Waals surface area contributed by atoms with Crippen LogP contribution in [0.2, 0.25) is 0 Å². The lowest BCUT2D eigenvalue weighted by Gasteiger charge is -2.65. The fourth-order valence-electron chi connectivity index (χ4n) is 3.85. The number of fused-ring (bicyclic) bond motifs is 1. The van der Waals surface area contributed by atoms with Gasteiger partial charge in [-0.3, -0.25) is 0 Å². The first-order valence-electron chi connectivity index (χ1n) is 6.11. The molecule has 0 aromatic rings. The Kier molecular flexibility index (Phi) is 2.34. The minimum absolute atomic E-state index is 0.0373. The van der Waals surface area contributed by atoms with Crippen molar-refractivity contribution >= 4 is 15.9 Å². The van der Waals surface area contributed by atoms with Crippen LogP contribution in [0.1, 0.15) is 32.6 Å². The van der Waals surface area contributed by atoms with E-state index in [0.29, 0.717) is 5.92 Å². The molecule has 4 bridgehead atoms. The molecule has 92 valence electrons. The highest BCUT2D eigenvalue weighted by molar-refractivity contribution is 9.11. The molecule has 2 aliphatic heterocycles. The summed E-state index contributed by atoms with van der Waals surface area (Å²) < 4.78 is 12.9. The second-order valence-corrected chi connectivity index (χ2v) is 6.50. The minimum atomic E-state index is -0.623. The van der Waals surface area contributed by atoms with Gasteiger partial charge < -0.3 is 9.47 Å². The third kappa shape index (κ3) is 1.19. The summed E-state index contributed by atoms with van der Waals surface area (Å²) in [7, 11) is 1.73. The first kappa shape index (κ1) is 11.8. The van der Waals surface area contributed by atoms with Crippen molar-refractivity contribution < 1.29 is 9.47 Å². The van der Waals surface area contributed by atoms with E-state index in [1.54, 1.807) is 7.11 Å². The first-order valence-corrected chi connectivity index (χ1v) is 6.90. The van der Waals surface area contributed by atoms with Crippen molar-refractivity contribution in [2.24, 2.45) is 11.3 Å². The molecule has 3 heteroatoms. The third-order valence-corrected chi connectivity index (χ3v) is 6.00. The van der Waals surface area contributed by atoms with Crippen LogP contribution in [0.25, 0.3) is 0 Å². The number of terminal acetylenes is 1. The van der Waals surface area contributed by atoms with Crippen LogP contribution in [0, 0.1) is 23.7 Å². The Morgan fingerprint density at radius 1 is 1.59 bits per heavy atom. The Bertz CT molecular complexity index is 438. The van der Waals surface area contributed by atoms with Gasteiger partial charge in [-0.1, -0.05) is 34.9 Å². The van der Waals surface area contributed by atoms with Crippen molar-refractivity contribution in [3.8, 4) is 12.3 Å². The van der Waals surface area contributed by atoms with Gasteiger partial charge in [-0.25, -0.2) is 0 Å². The fraction of sp³-hybridized carbons (Fsp3) is 0.714. The Balaban J connectivity index is 2.18. The predicted octanol–water partition coefficient (Wildman–Crippen LogP) is 3.22. The second-order valence-electron chi connectivity index (χ2n) is 5.65. The molecule has 1 unspecified atom stereocenters. The Labute approximate surface area is 111 Å². The topological polar surface area (TPSA) is 18.5 Å². The van der Waals surface area contributed by atoms with Crippen molar-refractivity contribution in [1.29, 1.82) is 0 Å². The molecule has 4 aliphatic rings. The van der Waals surface area contributed by atoms with E-state index in [1.807, 2.05) is 0 Å². The summed E-state index contributed by atoms with van der Waals surface area (Å²) in [6.45, 7) is 2.27. The number of halogens is 1. The molecule has 0 amide bonds. The SMILES string of the molecule is C#C[C@]12OC3(OC)CC[C@@]1(C)[C@H](CC=C2Br)C3. The molecule has 0 aromatic heterocycles. The van der Waals surface area contributed by atoms with Crippen molar-refractivity contribution in [1.82, 2.24) is 0 Å². The fourth-order valence-corrected chi connectivity index (χ4v) is 4.69. The van der Waals surface area contributed by atoms with Crippen molar-refractivity contribution in [2.75, 3.05) is 7.11 Å². The molecule has 1 saturated carbocycles. The molecular weight excluding hydrogens is 280 g/mol. The molecule has 2 nitrogen and oxygen atoms in total. The van der Waals surface area contributed by atoms with Crippen LogP contribution in [-0.4, -0.2) is 18.5 Å². The molecule has 0 N–H and O–H groups in total. The van der Waals surface area contributed by atoms with Crippen LogP contribution in [-0.2, 0) is 9.47 Å². The number of ether oxygens (including phenoxy) is 2. The first-order chi connectivity index (χ1) is 8.02. The van der Waals surface area contributed by atoms with Crippen molar-refractivity contribution in [3.05, 3.63) is 10.6 Å². The third-order valence-electron chi connectivity index (χ3n) is 5.12. The van der Waals surface area contributed by atoms with E-state index in [4.69, 9.17) is 15.9 Å². The number of hydrogen-bond acceptors (Lipinski definition) is 2. The molecule has 3 fully saturated rings. The molecule has 4 rings (SSSR count). The van der Waals surface area contributed by atoms with E-state index in [9.17, 15) is 0 Å². The van der Waals surface area contributed by atoms with E-state index in [2.05, 4.69) is 34.9 Å². The Morgan fingerprint density at radius 2 is 2.35 bits per heavy atom. The number of allylic oxidation sites excluding steroid dienone is 1. The lowest BCUT2D eigenvalue weighted by molar-refractivity contribution is -0.360. The second kappa shape index (κ2) is 3.38. The van der Waals surface area contributed by atoms with Crippen LogP contribution < -0.4 is 0 Å². The lowest BCUT2D eigenvalue weighted by atomic mass is 9.52. The van der Waals surface area contributed by atoms with Gasteiger partial charge in [-0.15, -0.1) is 6.42 Å². The number of rotatable bonds is 1. The van der Waals surface area contributed by atoms with Crippen LogP contribution in [0.5, 0.6) is 0 Å². The van der Waals surface area contributed by atoms with Gasteiger partial charge in [0.25, 0.3) is 0 Å². The number of hydrogen-bond donors (Lipinski definition) is 0. The Morgan fingerprint density at radius 3 is 3.00 bits per heavy atom. The summed E-state index contributed by atoms with van der Waals surface area (Å²) in [4.78, 5) is 0. The molecule has 2 saturated heterocycles. The minimum Gasteiger partial charge on any atom is -0.353 e. The standard InChI is InChI=1S/C14H17BrO2/c1-4-14-11(15)6-5-10-9-13(16-3,17-14)8-7-12(10,14)2/h1,6,10H,5,7-9H2,2-3H3/t10-,12+,13?,14-/m1/s1. The van der Waals surface area contributed by atoms with E-state index in [0.717, 1.165) is 30.2 Å². The van der Waals surface area contributed by atoms with Gasteiger partial charge in [0, 0.05) is 29.8 Å². The van der Waals surface area contributed by atoms with E-state index >= 15 is 0 Å². The monoisotopic (exact) mass is 296 g/mol. The Hall–Kier alpha value is -0.300. The van der Waals surface area contributed by atoms with Gasteiger partial charge in [0.05, 0.1) is 0 Å². The van der Waals surface area contributed by atoms with E-state index in [1.165, 1.54) is 0 Å². The molecule has 4 atom stereocenters. The molecule has 0 radical (unpaired) electrons. The highest BCUT2D eigenvalue weighted by Crippen LogP contribution is 2.66. The molecule has 2 aliphatic carbocycles. The van der Waals surface area contributed by atoms with Gasteiger partial charge in [-0.05, 0) is 18.8 Å². The van der Waals surface area contributed by atoms with Crippen LogP contribution in [0.15, 0.2) is 10.6 Å². The summed E-state index contributed by atoms with van der Waals surface area (Å²) >= 11 is 3.62. The smallest absolute Gasteiger partial charge is 0.170 e. The molecule has 0 spiro atoms. The van der Waals surface area contributed by atoms with Gasteiger partial charge in [0.1, 0.15) is 0 Å². The van der Waals surface area contributed by atoms with Crippen LogP contribution in [0.3, 0.4) is 0 Å². The average molecular weight is 297 g/mol. The van der Waals surface area contributed by atoms with Crippen molar-refractivity contribution in [2.45, 2.75) is 44.0 Å². The maximum absolute atomic E-state index is 6.27. The summed E-state index contributed by atoms with van der Waals surface area (Å²) in [5.41, 5.74) is -0.585. The molecule has 17 heavy (non-hydrogen) atoms. The molecular formula is C14H17BrO2. The van der Waals surface area contributed by atoms with Gasteiger partial charge >= 0.3 is 0 Å². The zero-order chi connectivity index (χ0) is 12.3. The summed E-state index contributed by atoms with van der Waals surface area (Å²) in [6.07, 6.45) is 12.0. The number of methoxy groups -OCH3 is 1. The van der Waals surface area contributed by atoms with Gasteiger partial charge in [0.2, 0.25) is 0 Å². The predicted molar refractivity (Wildman–Crippen MR) is 69.5 cm³/mol. The summed E-state index contributed by atoms with van der Waals surface area (Å²) in [5, 5.41) is 0. The zero-order valence-electron chi connectivity index (χ0n) is 10.3. The average Bonchev–Trinajstić information content (AvgIpc) is 2.34. The van der Waals surface area contributed by atoms with Gasteiger partial charge in [0.15, 0.2) is 11.4 Å². The van der Waals surface area contributed by atoms with Crippen LogP contribution >= 0.6 is 15.9 Å². The van der Waals surface area contributed by atoms with Gasteiger partial charge in [-0.2, -0.15) is 0 Å².